The topological polar surface area (TPSA) is 186 Å². The van der Waals surface area contributed by atoms with Crippen molar-refractivity contribution in [3.63, 3.8) is 0 Å². The number of aliphatic carboxylic acids is 1. The highest BCUT2D eigenvalue weighted by Gasteiger charge is 2.54. The maximum absolute atomic E-state index is 14.4. The summed E-state index contributed by atoms with van der Waals surface area (Å²) >= 11 is 0. The van der Waals surface area contributed by atoms with E-state index in [4.69, 9.17) is 18.9 Å². The van der Waals surface area contributed by atoms with Gasteiger partial charge < -0.3 is 39.2 Å². The van der Waals surface area contributed by atoms with Gasteiger partial charge in [-0.1, -0.05) is 69.7 Å². The summed E-state index contributed by atoms with van der Waals surface area (Å²) in [4.78, 5) is 70.7. The van der Waals surface area contributed by atoms with Gasteiger partial charge in [-0.05, 0) is 114 Å². The molecule has 11 atom stereocenters. The molecule has 1 aliphatic carbocycles. The summed E-state index contributed by atoms with van der Waals surface area (Å²) in [5.74, 6) is -7.80. The number of aliphatic hydroxyl groups excluding tert-OH is 1. The van der Waals surface area contributed by atoms with Crippen LogP contribution in [-0.2, 0) is 42.9 Å². The Labute approximate surface area is 382 Å². The number of methoxy groups -OCH3 is 2. The predicted molar refractivity (Wildman–Crippen MR) is 244 cm³/mol. The van der Waals surface area contributed by atoms with E-state index >= 15 is 0 Å². The number of carboxylic acid groups (broad SMARTS) is 1. The van der Waals surface area contributed by atoms with Crippen molar-refractivity contribution in [1.82, 2.24) is 4.90 Å². The van der Waals surface area contributed by atoms with E-state index in [0.29, 0.717) is 57.8 Å². The third kappa shape index (κ3) is 14.6. The number of carboxylic acids is 1. The summed E-state index contributed by atoms with van der Waals surface area (Å²) in [6.45, 7) is 11.6. The van der Waals surface area contributed by atoms with Gasteiger partial charge in [0.15, 0.2) is 5.78 Å². The van der Waals surface area contributed by atoms with Crippen molar-refractivity contribution in [3.05, 3.63) is 47.6 Å². The molecule has 3 heterocycles. The van der Waals surface area contributed by atoms with Crippen LogP contribution < -0.4 is 0 Å². The minimum absolute atomic E-state index is 0.00939. The molecule has 2 saturated heterocycles. The van der Waals surface area contributed by atoms with Gasteiger partial charge in [-0.2, -0.15) is 0 Å². The molecule has 0 aromatic rings. The lowest BCUT2D eigenvalue weighted by Crippen LogP contribution is -2.62. The Morgan fingerprint density at radius 1 is 0.891 bits per heavy atom. The molecule has 3 N–H and O–H groups in total. The molecular weight excluding hydrogens is 819 g/mol. The molecule has 1 saturated carbocycles. The Bertz CT molecular complexity index is 1690. The highest BCUT2D eigenvalue weighted by molar-refractivity contribution is 6.39. The summed E-state index contributed by atoms with van der Waals surface area (Å²) in [6.07, 6.45) is 17.7. The van der Waals surface area contributed by atoms with Gasteiger partial charge >= 0.3 is 5.97 Å². The lowest BCUT2D eigenvalue weighted by atomic mass is 9.70. The van der Waals surface area contributed by atoms with Gasteiger partial charge in [0, 0.05) is 57.8 Å². The fourth-order valence-electron chi connectivity index (χ4n) is 10.7. The summed E-state index contributed by atoms with van der Waals surface area (Å²) in [6, 6.07) is -1.34. The van der Waals surface area contributed by atoms with E-state index in [1.807, 2.05) is 58.1 Å². The summed E-state index contributed by atoms with van der Waals surface area (Å²) in [5, 5.41) is 32.2. The number of aliphatic hydroxyl groups is 2. The quantitative estimate of drug-likeness (QED) is 0.163. The maximum Gasteiger partial charge on any atom is 0.326 e. The number of fused-ring (bicyclic) bond motifs is 4. The van der Waals surface area contributed by atoms with Crippen LogP contribution in [0, 0.1) is 41.4 Å². The molecule has 2 unspecified atom stereocenters. The molecule has 4 bridgehead atoms. The average Bonchev–Trinajstić information content (AvgIpc) is 3.27. The number of rotatable bonds is 8. The van der Waals surface area contributed by atoms with Gasteiger partial charge in [-0.15, -0.1) is 0 Å². The van der Waals surface area contributed by atoms with Crippen molar-refractivity contribution in [2.45, 2.75) is 168 Å². The number of Topliss-reactive ketones (excluding diaryl/α,β-unsaturated/α-hetero) is 3. The fourth-order valence-corrected chi connectivity index (χ4v) is 10.7. The molecule has 1 amide bonds. The number of ketones is 3. The number of amides is 1. The molecule has 360 valence electrons. The van der Waals surface area contributed by atoms with Gasteiger partial charge in [-0.25, -0.2) is 4.79 Å². The van der Waals surface area contributed by atoms with Crippen molar-refractivity contribution in [3.8, 4) is 0 Å². The first-order valence-corrected chi connectivity index (χ1v) is 24.0. The molecule has 64 heavy (non-hydrogen) atoms. The lowest BCUT2D eigenvalue weighted by Gasteiger charge is -2.45. The summed E-state index contributed by atoms with van der Waals surface area (Å²) < 4.78 is 23.5. The number of piperidine rings is 1. The third-order valence-corrected chi connectivity index (χ3v) is 14.5. The highest BCUT2D eigenvalue weighted by Crippen LogP contribution is 2.42. The molecule has 3 fully saturated rings. The summed E-state index contributed by atoms with van der Waals surface area (Å²) in [5.41, 5.74) is 1.76. The maximum atomic E-state index is 14.4. The second-order valence-corrected chi connectivity index (χ2v) is 19.5. The van der Waals surface area contributed by atoms with Crippen molar-refractivity contribution in [2.75, 3.05) is 34.0 Å². The molecule has 0 aromatic carbocycles. The molecule has 3 aliphatic heterocycles. The number of hydrogen-bond donors (Lipinski definition) is 3. The molecule has 4 rings (SSSR count). The minimum Gasteiger partial charge on any atom is -0.480 e. The highest BCUT2D eigenvalue weighted by atomic mass is 16.6. The molecule has 0 spiro atoms. The second-order valence-electron chi connectivity index (χ2n) is 19.5. The SMILES string of the molecule is CO[C@H]1C[C@@H]2CC[C@@H](C)[C@@](O)(O2)C(=O)C(=O)N2CCC[C@H](C(CC3CCC(OCCO)CC3)CCC(=O)[C@H](C)/C=C(\C)C[C@@H](OC)C(=O)[C@H](C)C[C@H](C)/C=C/C=C/C=C1C)C2C(=O)O. The van der Waals surface area contributed by atoms with Crippen molar-refractivity contribution in [2.24, 2.45) is 41.4 Å². The third-order valence-electron chi connectivity index (χ3n) is 14.5. The Hall–Kier alpha value is -3.33. The number of hydrogen-bond acceptors (Lipinski definition) is 11. The van der Waals surface area contributed by atoms with Gasteiger partial charge in [0.1, 0.15) is 17.9 Å². The van der Waals surface area contributed by atoms with Crippen LogP contribution >= 0.6 is 0 Å². The molecule has 4 aliphatic rings. The minimum atomic E-state index is -2.45. The van der Waals surface area contributed by atoms with Crippen LogP contribution in [-0.4, -0.2) is 120 Å². The normalized spacial score (nSPS) is 38.2. The number of ether oxygens (including phenoxy) is 4. The van der Waals surface area contributed by atoms with Crippen molar-refractivity contribution < 1.29 is 58.2 Å². The standard InChI is InChI=1S/C51H79NO12/c1-32-13-10-9-11-14-34(3)44(61-7)31-41-20-16-37(6)51(60,64-41)48(56)49(57)52-24-12-15-42(46(52)50(58)59)39(30-38-17-21-40(22-18-38)63-26-25-53)19-23-43(54)35(4)28-33(2)29-45(62-8)47(55)36(5)27-32/h9-11,13-14,28,32,35-42,44-46,53,60H,12,15-27,29-31H2,1-8H3,(H,58,59)/b11-9+,13-10+,33-28+,34-14?/t32-,35-,36-,37-,38?,39?,40?,41+,42-,44+,45-,46?,51-/m1/s1. The van der Waals surface area contributed by atoms with Gasteiger partial charge in [0.2, 0.25) is 5.79 Å². The average molecular weight is 898 g/mol. The van der Waals surface area contributed by atoms with Gasteiger partial charge in [-0.3, -0.25) is 19.2 Å². The number of carbonyl (C=O) groups is 5. The number of nitrogens with zero attached hydrogens (tertiary/aromatic N) is 1. The van der Waals surface area contributed by atoms with Crippen LogP contribution in [0.25, 0.3) is 0 Å². The van der Waals surface area contributed by atoms with Gasteiger partial charge in [0.05, 0.1) is 31.5 Å². The molecule has 0 aromatic heterocycles. The van der Waals surface area contributed by atoms with Crippen LogP contribution in [0.1, 0.15) is 131 Å². The zero-order valence-corrected chi connectivity index (χ0v) is 39.9. The zero-order chi connectivity index (χ0) is 47.1. The Kier molecular flexibility index (Phi) is 21.3. The first kappa shape index (κ1) is 53.3. The van der Waals surface area contributed by atoms with Crippen LogP contribution in [0.2, 0.25) is 0 Å². The van der Waals surface area contributed by atoms with Crippen LogP contribution in [0.5, 0.6) is 0 Å². The Morgan fingerprint density at radius 3 is 2.25 bits per heavy atom. The predicted octanol–water partition coefficient (Wildman–Crippen LogP) is 7.37. The van der Waals surface area contributed by atoms with E-state index in [1.165, 1.54) is 7.11 Å². The monoisotopic (exact) mass is 898 g/mol. The van der Waals surface area contributed by atoms with E-state index in [-0.39, 0.29) is 67.5 Å². The van der Waals surface area contributed by atoms with Crippen LogP contribution in [0.15, 0.2) is 47.6 Å². The first-order valence-electron chi connectivity index (χ1n) is 24.0. The molecule has 0 radical (unpaired) electrons. The Morgan fingerprint density at radius 2 is 1.59 bits per heavy atom. The smallest absolute Gasteiger partial charge is 0.326 e. The number of carbonyl (C=O) groups excluding carboxylic acids is 4. The van der Waals surface area contributed by atoms with Gasteiger partial charge in [0.25, 0.3) is 11.7 Å². The van der Waals surface area contributed by atoms with Crippen molar-refractivity contribution >= 4 is 29.2 Å². The molecular formula is C51H79NO12. The fraction of sp³-hybridized carbons (Fsp3) is 0.745. The van der Waals surface area contributed by atoms with Crippen LogP contribution in [0.3, 0.4) is 0 Å². The van der Waals surface area contributed by atoms with E-state index in [9.17, 15) is 39.3 Å². The number of allylic oxidation sites excluding steroid dienone is 6. The Balaban J connectivity index is 1.69. The zero-order valence-electron chi connectivity index (χ0n) is 39.9. The van der Waals surface area contributed by atoms with E-state index < -0.39 is 65.6 Å². The summed E-state index contributed by atoms with van der Waals surface area (Å²) in [7, 11) is 3.12. The molecule has 13 heteroatoms. The van der Waals surface area contributed by atoms with E-state index in [2.05, 4.69) is 13.0 Å². The van der Waals surface area contributed by atoms with Crippen LogP contribution in [0.4, 0.5) is 0 Å². The van der Waals surface area contributed by atoms with Crippen molar-refractivity contribution in [1.29, 1.82) is 0 Å². The lowest BCUT2D eigenvalue weighted by molar-refractivity contribution is -0.265. The van der Waals surface area contributed by atoms with E-state index in [1.54, 1.807) is 14.0 Å². The van der Waals surface area contributed by atoms with E-state index in [0.717, 1.165) is 41.7 Å². The molecule has 13 nitrogen and oxygen atoms in total. The second kappa shape index (κ2) is 25.5. The largest absolute Gasteiger partial charge is 0.480 e. The first-order chi connectivity index (χ1) is 30.4.